The molecule has 9 aromatic carbocycles. The van der Waals surface area contributed by atoms with E-state index in [1.807, 2.05) is 6.07 Å². The van der Waals surface area contributed by atoms with Crippen LogP contribution in [0.15, 0.2) is 164 Å². The Labute approximate surface area is 498 Å². The first-order valence-electron chi connectivity index (χ1n) is 30.5. The van der Waals surface area contributed by atoms with Gasteiger partial charge in [-0.2, -0.15) is 5.26 Å². The van der Waals surface area contributed by atoms with Crippen molar-refractivity contribution in [3.05, 3.63) is 219 Å². The van der Waals surface area contributed by atoms with Crippen LogP contribution in [0, 0.1) is 11.3 Å². The number of hydrogen-bond acceptors (Lipinski definition) is 1. The summed E-state index contributed by atoms with van der Waals surface area (Å²) in [4.78, 5) is 0. The minimum Gasteiger partial charge on any atom is -0.309 e. The maximum absolute atomic E-state index is 11.1. The Kier molecular flexibility index (Phi) is 12.1. The lowest BCUT2D eigenvalue weighted by molar-refractivity contribution is 0.566. The molecule has 84 heavy (non-hydrogen) atoms. The van der Waals surface area contributed by atoms with Gasteiger partial charge >= 0.3 is 0 Å². The standard InChI is InChI=1S/C80H82N4/c1-75(2,3)49-28-33-65-61(43-49)62-44-50(76(4,5)6)29-34-66(62)84(65)69-45-55(30-27-47(69)46-81)82-63-25-21-19-23-59(63)71-67(82)35-31-57-58-32-36-68-72(74(58)70(73(57)71)48-37-51(77(7,8)9)39-52(38-48)78(10,11)12)60-24-20-22-26-64(60)83(68)56-41-53(79(13,14)15)40-54(42-56)80(16,17)18/h19-45,70H,1-18H3. The van der Waals surface area contributed by atoms with Gasteiger partial charge in [-0.1, -0.05) is 210 Å². The highest BCUT2D eigenvalue weighted by Crippen LogP contribution is 2.57. The highest BCUT2D eigenvalue weighted by Gasteiger charge is 2.38. The first kappa shape index (κ1) is 55.1. The maximum atomic E-state index is 11.1. The minimum atomic E-state index is -0.111. The van der Waals surface area contributed by atoms with Crippen LogP contribution in [0.25, 0.3) is 93.6 Å². The molecule has 4 nitrogen and oxygen atoms in total. The number of nitrogens with zero attached hydrogens (tertiary/aromatic N) is 4. The average molecular weight is 1100 g/mol. The van der Waals surface area contributed by atoms with Crippen molar-refractivity contribution in [2.24, 2.45) is 0 Å². The molecule has 12 aromatic rings. The lowest BCUT2D eigenvalue weighted by Crippen LogP contribution is -2.18. The van der Waals surface area contributed by atoms with Gasteiger partial charge in [0.05, 0.1) is 44.4 Å². The van der Waals surface area contributed by atoms with Crippen LogP contribution in [0.4, 0.5) is 0 Å². The molecule has 0 N–H and O–H groups in total. The number of nitriles is 1. The van der Waals surface area contributed by atoms with Crippen LogP contribution >= 0.6 is 0 Å². The molecule has 1 atom stereocenters. The van der Waals surface area contributed by atoms with Crippen LogP contribution in [0.2, 0.25) is 0 Å². The summed E-state index contributed by atoms with van der Waals surface area (Å²) >= 11 is 0. The maximum Gasteiger partial charge on any atom is 0.101 e. The molecule has 3 aromatic heterocycles. The van der Waals surface area contributed by atoms with Crippen molar-refractivity contribution in [2.75, 3.05) is 0 Å². The Morgan fingerprint density at radius 3 is 1.12 bits per heavy atom. The second-order valence-corrected chi connectivity index (χ2v) is 30.7. The largest absolute Gasteiger partial charge is 0.309 e. The molecule has 4 heteroatoms. The Morgan fingerprint density at radius 1 is 0.321 bits per heavy atom. The van der Waals surface area contributed by atoms with Crippen molar-refractivity contribution in [3.8, 4) is 34.3 Å². The molecule has 1 aliphatic rings. The quantitative estimate of drug-likeness (QED) is 0.173. The molecule has 0 spiro atoms. The Morgan fingerprint density at radius 2 is 0.702 bits per heavy atom. The summed E-state index contributed by atoms with van der Waals surface area (Å²) in [5.74, 6) is -0.111. The fraction of sp³-hybridized carbons (Fsp3) is 0.312. The third-order valence-corrected chi connectivity index (χ3v) is 18.7. The van der Waals surface area contributed by atoms with Gasteiger partial charge in [-0.15, -0.1) is 0 Å². The molecular formula is C80H82N4. The molecule has 0 fully saturated rings. The van der Waals surface area contributed by atoms with Gasteiger partial charge in [0.2, 0.25) is 0 Å². The van der Waals surface area contributed by atoms with E-state index in [9.17, 15) is 5.26 Å². The van der Waals surface area contributed by atoms with Crippen LogP contribution in [0.5, 0.6) is 0 Å². The molecule has 1 unspecified atom stereocenters. The van der Waals surface area contributed by atoms with Crippen LogP contribution in [-0.2, 0) is 32.5 Å². The molecule has 1 aliphatic carbocycles. The van der Waals surface area contributed by atoms with Crippen LogP contribution < -0.4 is 0 Å². The molecule has 0 saturated carbocycles. The number of fused-ring (bicyclic) bond motifs is 14. The Balaban J connectivity index is 1.12. The van der Waals surface area contributed by atoms with E-state index in [-0.39, 0.29) is 38.4 Å². The van der Waals surface area contributed by atoms with Gasteiger partial charge in [-0.25, -0.2) is 0 Å². The molecule has 0 aliphatic heterocycles. The SMILES string of the molecule is CC(C)(C)c1cc(C2c3c(ccc4c3c3ccccc3n4-c3cc(C(C)(C)C)cc(C(C)(C)C)c3)-c3ccc4c(c32)c2ccccc2n4-c2ccc(C#N)c(-n3c4ccc(C(C)(C)C)cc4c4cc(C(C)(C)C)ccc43)c2)cc(C(C)(C)C)c1. The summed E-state index contributed by atoms with van der Waals surface area (Å²) in [5.41, 5.74) is 24.8. The molecule has 0 amide bonds. The zero-order valence-electron chi connectivity index (χ0n) is 53.0. The summed E-state index contributed by atoms with van der Waals surface area (Å²) in [6.07, 6.45) is 0. The van der Waals surface area contributed by atoms with Gasteiger partial charge in [0.1, 0.15) is 6.07 Å². The second kappa shape index (κ2) is 18.4. The molecule has 0 radical (unpaired) electrons. The zero-order valence-corrected chi connectivity index (χ0v) is 53.0. The predicted octanol–water partition coefficient (Wildman–Crippen LogP) is 21.8. The Hall–Kier alpha value is -8.13. The molecule has 0 bridgehead atoms. The van der Waals surface area contributed by atoms with Crippen molar-refractivity contribution in [2.45, 2.75) is 163 Å². The predicted molar refractivity (Wildman–Crippen MR) is 359 cm³/mol. The van der Waals surface area contributed by atoms with E-state index >= 15 is 0 Å². The summed E-state index contributed by atoms with van der Waals surface area (Å²) < 4.78 is 7.39. The number of hydrogen-bond donors (Lipinski definition) is 0. The lowest BCUT2D eigenvalue weighted by atomic mass is 9.76. The van der Waals surface area contributed by atoms with E-state index < -0.39 is 0 Å². The third-order valence-electron chi connectivity index (χ3n) is 18.7. The molecule has 13 rings (SSSR count). The molecule has 0 saturated heterocycles. The second-order valence-electron chi connectivity index (χ2n) is 30.7. The van der Waals surface area contributed by atoms with Gasteiger partial charge < -0.3 is 13.7 Å². The van der Waals surface area contributed by atoms with Gasteiger partial charge in [0.15, 0.2) is 0 Å². The third kappa shape index (κ3) is 8.66. The van der Waals surface area contributed by atoms with E-state index in [4.69, 9.17) is 0 Å². The number of rotatable bonds is 4. The fourth-order valence-corrected chi connectivity index (χ4v) is 13.7. The van der Waals surface area contributed by atoms with Crippen molar-refractivity contribution in [3.63, 3.8) is 0 Å². The summed E-state index contributed by atoms with van der Waals surface area (Å²) in [6, 6.07) is 65.8. The first-order valence-corrected chi connectivity index (χ1v) is 30.5. The van der Waals surface area contributed by atoms with Gasteiger partial charge in [0, 0.05) is 49.6 Å². The Bertz CT molecular complexity index is 4640. The lowest BCUT2D eigenvalue weighted by Gasteiger charge is -2.28. The molecule has 3 heterocycles. The topological polar surface area (TPSA) is 38.6 Å². The van der Waals surface area contributed by atoms with Crippen molar-refractivity contribution in [1.82, 2.24) is 13.7 Å². The summed E-state index contributed by atoms with van der Waals surface area (Å²) in [6.45, 7) is 41.9. The smallest absolute Gasteiger partial charge is 0.101 e. The first-order chi connectivity index (χ1) is 39.4. The molecule has 422 valence electrons. The monoisotopic (exact) mass is 1100 g/mol. The number of aromatic nitrogens is 3. The van der Waals surface area contributed by atoms with Gasteiger partial charge in [0.25, 0.3) is 0 Å². The van der Waals surface area contributed by atoms with E-state index in [0.717, 1.165) is 33.4 Å². The minimum absolute atomic E-state index is 0.0384. The number of para-hydroxylation sites is 2. The summed E-state index contributed by atoms with van der Waals surface area (Å²) in [5, 5.41) is 18.6. The van der Waals surface area contributed by atoms with Crippen molar-refractivity contribution >= 4 is 65.4 Å². The highest BCUT2D eigenvalue weighted by atomic mass is 15.0. The van der Waals surface area contributed by atoms with E-state index in [2.05, 4.69) is 302 Å². The van der Waals surface area contributed by atoms with Crippen molar-refractivity contribution in [1.29, 1.82) is 5.26 Å². The summed E-state index contributed by atoms with van der Waals surface area (Å²) in [7, 11) is 0. The van der Waals surface area contributed by atoms with E-state index in [1.165, 1.54) is 110 Å². The number of benzene rings is 9. The van der Waals surface area contributed by atoms with Crippen LogP contribution in [0.1, 0.15) is 186 Å². The van der Waals surface area contributed by atoms with E-state index in [0.29, 0.717) is 5.56 Å². The van der Waals surface area contributed by atoms with E-state index in [1.54, 1.807) is 0 Å². The fourth-order valence-electron chi connectivity index (χ4n) is 13.7. The van der Waals surface area contributed by atoms with Crippen LogP contribution in [-0.4, -0.2) is 13.7 Å². The van der Waals surface area contributed by atoms with Crippen LogP contribution in [0.3, 0.4) is 0 Å². The average Bonchev–Trinajstić information content (AvgIpc) is 1.58. The van der Waals surface area contributed by atoms with Crippen molar-refractivity contribution < 1.29 is 0 Å². The van der Waals surface area contributed by atoms with Gasteiger partial charge in [-0.05, 0) is 173 Å². The van der Waals surface area contributed by atoms with Gasteiger partial charge in [-0.3, -0.25) is 0 Å². The molecular weight excluding hydrogens is 1020 g/mol. The normalized spacial score (nSPS) is 14.4. The zero-order chi connectivity index (χ0) is 59.7. The highest BCUT2D eigenvalue weighted by molar-refractivity contribution is 6.19.